The Kier molecular flexibility index (Phi) is 6.12. The van der Waals surface area contributed by atoms with Crippen molar-refractivity contribution >= 4 is 28.6 Å². The Bertz CT molecular complexity index is 651. The molecule has 0 fully saturated rings. The zero-order valence-electron chi connectivity index (χ0n) is 14.4. The van der Waals surface area contributed by atoms with Crippen molar-refractivity contribution < 1.29 is 0 Å². The van der Waals surface area contributed by atoms with Gasteiger partial charge in [0.05, 0.1) is 18.8 Å². The van der Waals surface area contributed by atoms with Crippen molar-refractivity contribution in [3.8, 4) is 0 Å². The number of rotatable bonds is 5. The van der Waals surface area contributed by atoms with Crippen molar-refractivity contribution in [2.45, 2.75) is 53.1 Å². The summed E-state index contributed by atoms with van der Waals surface area (Å²) in [5, 5.41) is 10.8. The van der Waals surface area contributed by atoms with Gasteiger partial charge in [-0.1, -0.05) is 20.8 Å². The predicted octanol–water partition coefficient (Wildman–Crippen LogP) is 3.46. The molecule has 0 amide bonds. The summed E-state index contributed by atoms with van der Waals surface area (Å²) in [5.74, 6) is 0.799. The fraction of sp³-hybridized carbons (Fsp3) is 0.562. The van der Waals surface area contributed by atoms with Crippen molar-refractivity contribution in [2.24, 2.45) is 4.99 Å². The molecule has 5 nitrogen and oxygen atoms in total. The van der Waals surface area contributed by atoms with E-state index < -0.39 is 0 Å². The van der Waals surface area contributed by atoms with E-state index in [1.165, 1.54) is 4.88 Å². The third-order valence-electron chi connectivity index (χ3n) is 3.11. The highest BCUT2D eigenvalue weighted by molar-refractivity contribution is 7.11. The lowest BCUT2D eigenvalue weighted by molar-refractivity contribution is 0.570. The van der Waals surface area contributed by atoms with Gasteiger partial charge in [-0.15, -0.1) is 22.7 Å². The minimum atomic E-state index is 0.0933. The summed E-state index contributed by atoms with van der Waals surface area (Å²) in [5.41, 5.74) is 1.23. The Morgan fingerprint density at radius 3 is 2.61 bits per heavy atom. The number of aryl methyl sites for hydroxylation is 1. The molecule has 2 aromatic heterocycles. The minimum absolute atomic E-state index is 0.0933. The molecule has 0 aromatic carbocycles. The van der Waals surface area contributed by atoms with Crippen LogP contribution in [0.3, 0.4) is 0 Å². The monoisotopic (exact) mass is 351 g/mol. The Hall–Kier alpha value is -1.47. The molecule has 0 aliphatic carbocycles. The number of aromatic nitrogens is 2. The molecule has 2 rings (SSSR count). The molecule has 0 spiro atoms. The minimum Gasteiger partial charge on any atom is -0.357 e. The maximum atomic E-state index is 4.70. The zero-order chi connectivity index (χ0) is 16.9. The molecule has 2 heterocycles. The van der Waals surface area contributed by atoms with E-state index in [0.717, 1.165) is 28.2 Å². The van der Waals surface area contributed by atoms with Gasteiger partial charge in [-0.3, -0.25) is 0 Å². The van der Waals surface area contributed by atoms with Gasteiger partial charge in [0.15, 0.2) is 5.96 Å². The Labute approximate surface area is 146 Å². The topological polar surface area (TPSA) is 62.2 Å². The summed E-state index contributed by atoms with van der Waals surface area (Å²) in [7, 11) is 0. The first-order chi connectivity index (χ1) is 10.9. The summed E-state index contributed by atoms with van der Waals surface area (Å²) in [6.07, 6.45) is 1.89. The van der Waals surface area contributed by atoms with Crippen LogP contribution in [-0.2, 0) is 18.5 Å². The third-order valence-corrected chi connectivity index (χ3v) is 4.86. The molecule has 7 heteroatoms. The Balaban J connectivity index is 1.95. The normalized spacial score (nSPS) is 12.5. The van der Waals surface area contributed by atoms with Gasteiger partial charge in [-0.05, 0) is 13.8 Å². The highest BCUT2D eigenvalue weighted by Gasteiger charge is 2.17. The van der Waals surface area contributed by atoms with Crippen molar-refractivity contribution in [1.29, 1.82) is 0 Å². The van der Waals surface area contributed by atoms with E-state index in [-0.39, 0.29) is 5.41 Å². The molecule has 0 saturated heterocycles. The highest BCUT2D eigenvalue weighted by Crippen LogP contribution is 2.23. The molecule has 0 radical (unpaired) electrons. The van der Waals surface area contributed by atoms with E-state index in [2.05, 4.69) is 60.6 Å². The summed E-state index contributed by atoms with van der Waals surface area (Å²) >= 11 is 3.37. The second-order valence-corrected chi connectivity index (χ2v) is 8.55. The molecule has 0 aliphatic heterocycles. The summed E-state index contributed by atoms with van der Waals surface area (Å²) in [6.45, 7) is 12.8. The third kappa shape index (κ3) is 5.58. The SMILES string of the molecule is CCNC(=NCc1ncc(C)s1)NCc1nc(C(C)(C)C)cs1. The summed E-state index contributed by atoms with van der Waals surface area (Å²) in [6, 6.07) is 0. The fourth-order valence-corrected chi connectivity index (χ4v) is 3.53. The standard InChI is InChI=1S/C16H25N5S2/c1-6-17-15(19-8-13-18-7-11(2)23-13)20-9-14-21-12(10-22-14)16(3,4)5/h7,10H,6,8-9H2,1-5H3,(H2,17,19,20). The number of hydrogen-bond donors (Lipinski definition) is 2. The van der Waals surface area contributed by atoms with E-state index >= 15 is 0 Å². The van der Waals surface area contributed by atoms with Crippen LogP contribution in [0.2, 0.25) is 0 Å². The largest absolute Gasteiger partial charge is 0.357 e. The zero-order valence-corrected chi connectivity index (χ0v) is 16.1. The van der Waals surface area contributed by atoms with Crippen LogP contribution in [-0.4, -0.2) is 22.5 Å². The molecular weight excluding hydrogens is 326 g/mol. The van der Waals surface area contributed by atoms with Gasteiger partial charge in [-0.25, -0.2) is 15.0 Å². The number of hydrogen-bond acceptors (Lipinski definition) is 5. The predicted molar refractivity (Wildman–Crippen MR) is 99.3 cm³/mol. The molecule has 126 valence electrons. The van der Waals surface area contributed by atoms with Crippen molar-refractivity contribution in [3.63, 3.8) is 0 Å². The maximum absolute atomic E-state index is 4.70. The van der Waals surface area contributed by atoms with Crippen LogP contribution in [0.5, 0.6) is 0 Å². The number of guanidine groups is 1. The molecule has 0 atom stereocenters. The lowest BCUT2D eigenvalue weighted by Crippen LogP contribution is -2.36. The van der Waals surface area contributed by atoms with Crippen LogP contribution in [0, 0.1) is 6.92 Å². The van der Waals surface area contributed by atoms with Crippen molar-refractivity contribution in [1.82, 2.24) is 20.6 Å². The quantitative estimate of drug-likeness (QED) is 0.640. The van der Waals surface area contributed by atoms with Crippen LogP contribution < -0.4 is 10.6 Å². The van der Waals surface area contributed by atoms with Gasteiger partial charge in [0.1, 0.15) is 10.0 Å². The van der Waals surface area contributed by atoms with Gasteiger partial charge < -0.3 is 10.6 Å². The Morgan fingerprint density at radius 1 is 1.26 bits per heavy atom. The lowest BCUT2D eigenvalue weighted by Gasteiger charge is -2.14. The number of thiazole rings is 2. The average Bonchev–Trinajstić information content (AvgIpc) is 3.10. The van der Waals surface area contributed by atoms with Crippen LogP contribution in [0.15, 0.2) is 16.6 Å². The second-order valence-electron chi connectivity index (χ2n) is 6.29. The molecular formula is C16H25N5S2. The first-order valence-corrected chi connectivity index (χ1v) is 9.46. The van der Waals surface area contributed by atoms with Gasteiger partial charge in [0.2, 0.25) is 0 Å². The van der Waals surface area contributed by atoms with E-state index in [1.54, 1.807) is 22.7 Å². The maximum Gasteiger partial charge on any atom is 0.192 e. The molecule has 2 aromatic rings. The lowest BCUT2D eigenvalue weighted by atomic mass is 9.93. The van der Waals surface area contributed by atoms with E-state index in [4.69, 9.17) is 4.98 Å². The number of aliphatic imine (C=N–C) groups is 1. The van der Waals surface area contributed by atoms with Gasteiger partial charge in [0, 0.05) is 28.4 Å². The molecule has 0 bridgehead atoms. The van der Waals surface area contributed by atoms with E-state index in [9.17, 15) is 0 Å². The molecule has 2 N–H and O–H groups in total. The first kappa shape index (κ1) is 17.9. The Morgan fingerprint density at radius 2 is 2.04 bits per heavy atom. The van der Waals surface area contributed by atoms with Crippen LogP contribution >= 0.6 is 22.7 Å². The number of nitrogens with zero attached hydrogens (tertiary/aromatic N) is 3. The number of nitrogens with one attached hydrogen (secondary N) is 2. The second kappa shape index (κ2) is 7.88. The molecule has 0 unspecified atom stereocenters. The average molecular weight is 352 g/mol. The van der Waals surface area contributed by atoms with Gasteiger partial charge >= 0.3 is 0 Å². The van der Waals surface area contributed by atoms with Crippen molar-refractivity contribution in [2.75, 3.05) is 6.54 Å². The van der Waals surface area contributed by atoms with Crippen molar-refractivity contribution in [3.05, 3.63) is 32.2 Å². The van der Waals surface area contributed by atoms with Gasteiger partial charge in [0.25, 0.3) is 0 Å². The first-order valence-electron chi connectivity index (χ1n) is 7.77. The highest BCUT2D eigenvalue weighted by atomic mass is 32.1. The fourth-order valence-electron chi connectivity index (χ4n) is 1.86. The van der Waals surface area contributed by atoms with Crippen LogP contribution in [0.25, 0.3) is 0 Å². The van der Waals surface area contributed by atoms with Gasteiger partial charge in [-0.2, -0.15) is 0 Å². The van der Waals surface area contributed by atoms with E-state index in [1.807, 2.05) is 6.20 Å². The molecule has 23 heavy (non-hydrogen) atoms. The van der Waals surface area contributed by atoms with E-state index in [0.29, 0.717) is 13.1 Å². The smallest absolute Gasteiger partial charge is 0.192 e. The molecule has 0 aliphatic rings. The molecule has 0 saturated carbocycles. The summed E-state index contributed by atoms with van der Waals surface area (Å²) < 4.78 is 0. The van der Waals surface area contributed by atoms with Crippen LogP contribution in [0.4, 0.5) is 0 Å². The van der Waals surface area contributed by atoms with Crippen LogP contribution in [0.1, 0.15) is 48.3 Å². The summed E-state index contributed by atoms with van der Waals surface area (Å²) in [4.78, 5) is 14.8.